The van der Waals surface area contributed by atoms with E-state index in [1.165, 1.54) is 10.4 Å². The lowest BCUT2D eigenvalue weighted by atomic mass is 10.2. The number of nitrogens with one attached hydrogen (secondary N) is 1. The predicted molar refractivity (Wildman–Crippen MR) is 89.9 cm³/mol. The molecule has 1 N–H and O–H groups in total. The highest BCUT2D eigenvalue weighted by molar-refractivity contribution is 7.16. The molecule has 0 spiro atoms. The van der Waals surface area contributed by atoms with E-state index in [0.717, 1.165) is 48.5 Å². The smallest absolute Gasteiger partial charge is 0.120 e. The maximum Gasteiger partial charge on any atom is 0.120 e. The van der Waals surface area contributed by atoms with Crippen LogP contribution in [0.4, 0.5) is 0 Å². The number of hydrogen-bond acceptors (Lipinski definition) is 4. The maximum absolute atomic E-state index is 5.96. The summed E-state index contributed by atoms with van der Waals surface area (Å²) >= 11 is 7.59. The third-order valence-electron chi connectivity index (χ3n) is 3.26. The van der Waals surface area contributed by atoms with Gasteiger partial charge in [0.2, 0.25) is 0 Å². The molecule has 2 heterocycles. The van der Waals surface area contributed by atoms with Crippen molar-refractivity contribution in [3.63, 3.8) is 0 Å². The van der Waals surface area contributed by atoms with Crippen molar-refractivity contribution in [2.24, 2.45) is 0 Å². The van der Waals surface area contributed by atoms with Crippen LogP contribution in [0.1, 0.15) is 35.3 Å². The average molecular weight is 327 g/mol. The highest BCUT2D eigenvalue weighted by atomic mass is 35.5. The van der Waals surface area contributed by atoms with E-state index in [0.29, 0.717) is 0 Å². The minimum absolute atomic E-state index is 0.809. The largest absolute Gasteiger partial charge is 0.463 e. The molecule has 2 aromatic rings. The van der Waals surface area contributed by atoms with Crippen molar-refractivity contribution >= 4 is 22.9 Å². The van der Waals surface area contributed by atoms with E-state index in [-0.39, 0.29) is 0 Å². The predicted octanol–water partition coefficient (Wildman–Crippen LogP) is 4.43. The average Bonchev–Trinajstić information content (AvgIpc) is 2.96. The topological polar surface area (TPSA) is 28.4 Å². The molecular formula is C16H23ClN2OS. The first-order valence-electron chi connectivity index (χ1n) is 7.30. The van der Waals surface area contributed by atoms with Crippen molar-refractivity contribution in [2.75, 3.05) is 13.6 Å². The van der Waals surface area contributed by atoms with Gasteiger partial charge in [0.05, 0.1) is 17.4 Å². The number of rotatable bonds is 8. The summed E-state index contributed by atoms with van der Waals surface area (Å²) < 4.78 is 6.79. The van der Waals surface area contributed by atoms with Crippen LogP contribution >= 0.6 is 22.9 Å². The molecule has 0 saturated heterocycles. The quantitative estimate of drug-likeness (QED) is 0.727. The first-order chi connectivity index (χ1) is 10.1. The molecule has 0 atom stereocenters. The number of furan rings is 1. The summed E-state index contributed by atoms with van der Waals surface area (Å²) in [5.74, 6) is 2.07. The van der Waals surface area contributed by atoms with E-state index in [4.69, 9.17) is 16.0 Å². The summed E-state index contributed by atoms with van der Waals surface area (Å²) in [7, 11) is 2.10. The van der Waals surface area contributed by atoms with Gasteiger partial charge in [-0.1, -0.05) is 18.5 Å². The van der Waals surface area contributed by atoms with Gasteiger partial charge in [0, 0.05) is 11.4 Å². The zero-order valence-corrected chi connectivity index (χ0v) is 14.5. The third kappa shape index (κ3) is 5.15. The van der Waals surface area contributed by atoms with Crippen LogP contribution in [0.5, 0.6) is 0 Å². The van der Waals surface area contributed by atoms with Crippen molar-refractivity contribution in [2.45, 2.75) is 39.9 Å². The third-order valence-corrected chi connectivity index (χ3v) is 4.48. The van der Waals surface area contributed by atoms with Crippen molar-refractivity contribution in [3.05, 3.63) is 44.5 Å². The molecule has 0 aliphatic rings. The second-order valence-corrected chi connectivity index (χ2v) is 7.17. The summed E-state index contributed by atoms with van der Waals surface area (Å²) in [5.41, 5.74) is 1.22. The van der Waals surface area contributed by atoms with Gasteiger partial charge in [0.1, 0.15) is 11.5 Å². The lowest BCUT2D eigenvalue weighted by molar-refractivity contribution is 0.284. The molecule has 21 heavy (non-hydrogen) atoms. The van der Waals surface area contributed by atoms with E-state index >= 15 is 0 Å². The molecule has 116 valence electrons. The molecule has 0 amide bonds. The Balaban J connectivity index is 1.88. The molecule has 0 saturated carbocycles. The molecule has 5 heteroatoms. The van der Waals surface area contributed by atoms with Gasteiger partial charge in [-0.2, -0.15) is 0 Å². The van der Waals surface area contributed by atoms with Gasteiger partial charge in [0.25, 0.3) is 0 Å². The lowest BCUT2D eigenvalue weighted by Crippen LogP contribution is -2.16. The summed E-state index contributed by atoms with van der Waals surface area (Å²) in [4.78, 5) is 3.51. The van der Waals surface area contributed by atoms with Crippen LogP contribution in [-0.2, 0) is 19.6 Å². The monoisotopic (exact) mass is 326 g/mol. The van der Waals surface area contributed by atoms with E-state index in [9.17, 15) is 0 Å². The van der Waals surface area contributed by atoms with Crippen molar-refractivity contribution in [1.29, 1.82) is 0 Å². The molecule has 2 rings (SSSR count). The maximum atomic E-state index is 5.96. The Morgan fingerprint density at radius 2 is 2.14 bits per heavy atom. The molecular weight excluding hydrogens is 304 g/mol. The minimum Gasteiger partial charge on any atom is -0.463 e. The summed E-state index contributed by atoms with van der Waals surface area (Å²) in [6, 6.07) is 6.17. The number of thiophene rings is 1. The molecule has 0 fully saturated rings. The van der Waals surface area contributed by atoms with Gasteiger partial charge in [-0.25, -0.2) is 0 Å². The fraction of sp³-hybridized carbons (Fsp3) is 0.500. The van der Waals surface area contributed by atoms with E-state index in [2.05, 4.69) is 43.2 Å². The van der Waals surface area contributed by atoms with Crippen molar-refractivity contribution in [1.82, 2.24) is 10.2 Å². The minimum atomic E-state index is 0.809. The van der Waals surface area contributed by atoms with Crippen LogP contribution in [0.3, 0.4) is 0 Å². The Morgan fingerprint density at radius 3 is 2.81 bits per heavy atom. The van der Waals surface area contributed by atoms with Crippen LogP contribution in [-0.4, -0.2) is 18.5 Å². The number of aryl methyl sites for hydroxylation is 1. The summed E-state index contributed by atoms with van der Waals surface area (Å²) in [5, 5.41) is 3.38. The van der Waals surface area contributed by atoms with Gasteiger partial charge < -0.3 is 9.73 Å². The lowest BCUT2D eigenvalue weighted by Gasteiger charge is -2.13. The Kier molecular flexibility index (Phi) is 6.30. The molecule has 2 aromatic heterocycles. The van der Waals surface area contributed by atoms with Crippen LogP contribution < -0.4 is 5.32 Å². The van der Waals surface area contributed by atoms with E-state index in [1.807, 2.05) is 6.07 Å². The number of hydrogen-bond donors (Lipinski definition) is 1. The van der Waals surface area contributed by atoms with Crippen LogP contribution in [0, 0.1) is 6.92 Å². The number of nitrogens with zero attached hydrogens (tertiary/aromatic N) is 1. The Morgan fingerprint density at radius 1 is 1.33 bits per heavy atom. The van der Waals surface area contributed by atoms with Crippen LogP contribution in [0.25, 0.3) is 0 Å². The SMILES string of the molecule is CCCNCc1oc(CN(C)Cc2ccc(Cl)s2)cc1C. The van der Waals surface area contributed by atoms with Crippen molar-refractivity contribution in [3.8, 4) is 0 Å². The standard InChI is InChI=1S/C16H23ClN2OS/c1-4-7-18-9-15-12(2)8-13(20-15)10-19(3)11-14-5-6-16(17)21-14/h5-6,8,18H,4,7,9-11H2,1-3H3. The van der Waals surface area contributed by atoms with E-state index < -0.39 is 0 Å². The summed E-state index contributed by atoms with van der Waals surface area (Å²) in [6.07, 6.45) is 1.14. The first-order valence-corrected chi connectivity index (χ1v) is 8.49. The van der Waals surface area contributed by atoms with Gasteiger partial charge in [0.15, 0.2) is 0 Å². The molecule has 0 aliphatic heterocycles. The zero-order valence-electron chi connectivity index (χ0n) is 12.9. The van der Waals surface area contributed by atoms with Gasteiger partial charge >= 0.3 is 0 Å². The van der Waals surface area contributed by atoms with Crippen LogP contribution in [0.15, 0.2) is 22.6 Å². The number of halogens is 1. The normalized spacial score (nSPS) is 11.5. The second-order valence-electron chi connectivity index (χ2n) is 5.37. The molecule has 3 nitrogen and oxygen atoms in total. The fourth-order valence-electron chi connectivity index (χ4n) is 2.25. The molecule has 0 aliphatic carbocycles. The summed E-state index contributed by atoms with van der Waals surface area (Å²) in [6.45, 7) is 7.80. The van der Waals surface area contributed by atoms with Crippen molar-refractivity contribution < 1.29 is 4.42 Å². The highest BCUT2D eigenvalue weighted by Gasteiger charge is 2.10. The molecule has 0 bridgehead atoms. The second kappa shape index (κ2) is 7.99. The van der Waals surface area contributed by atoms with Gasteiger partial charge in [-0.3, -0.25) is 4.90 Å². The molecule has 0 aromatic carbocycles. The first kappa shape index (κ1) is 16.6. The van der Waals surface area contributed by atoms with Gasteiger partial charge in [-0.15, -0.1) is 11.3 Å². The Labute approximate surface area is 135 Å². The molecule has 0 radical (unpaired) electrons. The highest BCUT2D eigenvalue weighted by Crippen LogP contribution is 2.23. The Hall–Kier alpha value is -0.810. The molecule has 0 unspecified atom stereocenters. The Bertz CT molecular complexity index is 564. The fourth-order valence-corrected chi connectivity index (χ4v) is 3.41. The zero-order chi connectivity index (χ0) is 15.2. The van der Waals surface area contributed by atoms with Crippen LogP contribution in [0.2, 0.25) is 4.34 Å². The van der Waals surface area contributed by atoms with E-state index in [1.54, 1.807) is 11.3 Å². The van der Waals surface area contributed by atoms with Gasteiger partial charge in [-0.05, 0) is 50.7 Å².